The summed E-state index contributed by atoms with van der Waals surface area (Å²) in [6.07, 6.45) is 2.34. The van der Waals surface area contributed by atoms with Gasteiger partial charge in [0.05, 0.1) is 5.69 Å². The maximum Gasteiger partial charge on any atom is 0.179 e. The number of fused-ring (bicyclic) bond motifs is 1. The van der Waals surface area contributed by atoms with E-state index in [4.69, 9.17) is 0 Å². The summed E-state index contributed by atoms with van der Waals surface area (Å²) in [5, 5.41) is 1.12. The summed E-state index contributed by atoms with van der Waals surface area (Å²) in [6.45, 7) is 5.72. The van der Waals surface area contributed by atoms with Gasteiger partial charge in [-0.1, -0.05) is 31.2 Å². The van der Waals surface area contributed by atoms with Crippen molar-refractivity contribution in [3.05, 3.63) is 48.7 Å². The van der Waals surface area contributed by atoms with E-state index in [0.717, 1.165) is 16.6 Å². The Morgan fingerprint density at radius 1 is 1.47 bits per heavy atom. The molecular formula is C15H17NO. The molecule has 2 nitrogen and oxygen atoms in total. The molecule has 1 aromatic heterocycles. The third-order valence-corrected chi connectivity index (χ3v) is 3.15. The number of benzene rings is 1. The van der Waals surface area contributed by atoms with E-state index in [9.17, 15) is 4.79 Å². The van der Waals surface area contributed by atoms with Crippen LogP contribution >= 0.6 is 0 Å². The zero-order chi connectivity index (χ0) is 12.4. The fraction of sp³-hybridized carbons (Fsp3) is 0.267. The van der Waals surface area contributed by atoms with Crippen LogP contribution in [0.25, 0.3) is 10.9 Å². The highest BCUT2D eigenvalue weighted by Crippen LogP contribution is 2.20. The quantitative estimate of drug-likeness (QED) is 0.578. The summed E-state index contributed by atoms with van der Waals surface area (Å²) in [6, 6.07) is 10.0. The molecule has 0 fully saturated rings. The summed E-state index contributed by atoms with van der Waals surface area (Å²) in [5.74, 6) is 0.400. The van der Waals surface area contributed by atoms with E-state index in [0.29, 0.717) is 6.42 Å². The molecule has 0 aliphatic carbocycles. The van der Waals surface area contributed by atoms with Crippen molar-refractivity contribution in [3.8, 4) is 0 Å². The first-order valence-electron chi connectivity index (χ1n) is 5.83. The Bertz CT molecular complexity index is 565. The summed E-state index contributed by atoms with van der Waals surface area (Å²) in [4.78, 5) is 12.1. The molecule has 88 valence electrons. The van der Waals surface area contributed by atoms with Crippen molar-refractivity contribution in [2.24, 2.45) is 13.0 Å². The highest BCUT2D eigenvalue weighted by Gasteiger charge is 2.14. The van der Waals surface area contributed by atoms with Crippen molar-refractivity contribution in [3.63, 3.8) is 0 Å². The molecule has 0 bridgehead atoms. The Kier molecular flexibility index (Phi) is 3.14. The molecule has 2 heteroatoms. The minimum atomic E-state index is 0.177. The minimum Gasteiger partial charge on any atom is -0.341 e. The molecule has 17 heavy (non-hydrogen) atoms. The fourth-order valence-corrected chi connectivity index (χ4v) is 2.04. The number of para-hydroxylation sites is 1. The van der Waals surface area contributed by atoms with Crippen LogP contribution in [0.15, 0.2) is 43.0 Å². The molecule has 1 heterocycles. The zero-order valence-electron chi connectivity index (χ0n) is 10.3. The molecule has 0 radical (unpaired) electrons. The second-order valence-corrected chi connectivity index (χ2v) is 4.49. The number of aryl methyl sites for hydroxylation is 1. The molecule has 1 atom stereocenters. The molecule has 0 amide bonds. The number of carbonyl (C=O) groups excluding carboxylic acids is 1. The lowest BCUT2D eigenvalue weighted by Crippen LogP contribution is -2.08. The van der Waals surface area contributed by atoms with Gasteiger partial charge in [-0.2, -0.15) is 0 Å². The standard InChI is InChI=1S/C15H17NO/c1-4-11(2)9-15(17)14-10-12-7-5-6-8-13(12)16(14)3/h4-8,10-11H,1,9H2,2-3H3. The minimum absolute atomic E-state index is 0.177. The van der Waals surface area contributed by atoms with E-state index in [-0.39, 0.29) is 11.7 Å². The molecule has 0 saturated carbocycles. The fourth-order valence-electron chi connectivity index (χ4n) is 2.04. The number of Topliss-reactive ketones (excluding diaryl/α,β-unsaturated/α-hetero) is 1. The van der Waals surface area contributed by atoms with Gasteiger partial charge in [0.25, 0.3) is 0 Å². The van der Waals surface area contributed by atoms with Gasteiger partial charge in [-0.25, -0.2) is 0 Å². The first-order chi connectivity index (χ1) is 8.13. The van der Waals surface area contributed by atoms with Gasteiger partial charge >= 0.3 is 0 Å². The van der Waals surface area contributed by atoms with Crippen molar-refractivity contribution in [1.29, 1.82) is 0 Å². The highest BCUT2D eigenvalue weighted by atomic mass is 16.1. The van der Waals surface area contributed by atoms with E-state index >= 15 is 0 Å². The van der Waals surface area contributed by atoms with Crippen LogP contribution in [0.3, 0.4) is 0 Å². The highest BCUT2D eigenvalue weighted by molar-refractivity contribution is 6.00. The molecule has 2 aromatic rings. The summed E-state index contributed by atoms with van der Waals surface area (Å²) in [5.41, 5.74) is 1.88. The van der Waals surface area contributed by atoms with Gasteiger partial charge in [0.2, 0.25) is 0 Å². The molecule has 0 N–H and O–H groups in total. The molecule has 2 rings (SSSR count). The average Bonchev–Trinajstić information content (AvgIpc) is 2.67. The van der Waals surface area contributed by atoms with Crippen molar-refractivity contribution in [1.82, 2.24) is 4.57 Å². The van der Waals surface area contributed by atoms with Crippen molar-refractivity contribution in [2.45, 2.75) is 13.3 Å². The molecule has 1 aromatic carbocycles. The van der Waals surface area contributed by atoms with E-state index in [1.807, 2.05) is 54.9 Å². The third kappa shape index (κ3) is 2.16. The number of allylic oxidation sites excluding steroid dienone is 1. The maximum absolute atomic E-state index is 12.1. The van der Waals surface area contributed by atoms with Gasteiger partial charge in [-0.05, 0) is 18.1 Å². The largest absolute Gasteiger partial charge is 0.341 e. The Hall–Kier alpha value is -1.83. The number of hydrogen-bond donors (Lipinski definition) is 0. The molecule has 1 unspecified atom stereocenters. The van der Waals surface area contributed by atoms with E-state index < -0.39 is 0 Å². The van der Waals surface area contributed by atoms with Crippen LogP contribution in [0.5, 0.6) is 0 Å². The third-order valence-electron chi connectivity index (χ3n) is 3.15. The first kappa shape index (κ1) is 11.6. The smallest absolute Gasteiger partial charge is 0.179 e. The van der Waals surface area contributed by atoms with Crippen LogP contribution in [-0.2, 0) is 7.05 Å². The van der Waals surface area contributed by atoms with E-state index in [1.165, 1.54) is 0 Å². The van der Waals surface area contributed by atoms with E-state index in [2.05, 4.69) is 6.58 Å². The topological polar surface area (TPSA) is 22.0 Å². The van der Waals surface area contributed by atoms with Gasteiger partial charge in [-0.3, -0.25) is 4.79 Å². The number of nitrogens with zero attached hydrogens (tertiary/aromatic N) is 1. The monoisotopic (exact) mass is 227 g/mol. The lowest BCUT2D eigenvalue weighted by Gasteiger charge is -2.06. The zero-order valence-corrected chi connectivity index (χ0v) is 10.3. The lowest BCUT2D eigenvalue weighted by atomic mass is 10.0. The predicted molar refractivity (Wildman–Crippen MR) is 71.2 cm³/mol. The maximum atomic E-state index is 12.1. The Morgan fingerprint density at radius 2 is 2.18 bits per heavy atom. The van der Waals surface area contributed by atoms with Gasteiger partial charge < -0.3 is 4.57 Å². The van der Waals surface area contributed by atoms with Crippen LogP contribution in [0.4, 0.5) is 0 Å². The Morgan fingerprint density at radius 3 is 2.82 bits per heavy atom. The number of rotatable bonds is 4. The van der Waals surface area contributed by atoms with Gasteiger partial charge in [0, 0.05) is 24.4 Å². The number of aromatic nitrogens is 1. The second-order valence-electron chi connectivity index (χ2n) is 4.49. The van der Waals surface area contributed by atoms with E-state index in [1.54, 1.807) is 0 Å². The van der Waals surface area contributed by atoms with Crippen molar-refractivity contribution in [2.75, 3.05) is 0 Å². The second kappa shape index (κ2) is 4.58. The van der Waals surface area contributed by atoms with Crippen LogP contribution < -0.4 is 0 Å². The van der Waals surface area contributed by atoms with Gasteiger partial charge in [0.1, 0.15) is 0 Å². The summed E-state index contributed by atoms with van der Waals surface area (Å²) in [7, 11) is 1.94. The number of ketones is 1. The Balaban J connectivity index is 2.39. The normalized spacial score (nSPS) is 12.6. The van der Waals surface area contributed by atoms with Crippen LogP contribution in [0, 0.1) is 5.92 Å². The SMILES string of the molecule is C=CC(C)CC(=O)c1cc2ccccc2n1C. The lowest BCUT2D eigenvalue weighted by molar-refractivity contribution is 0.0964. The van der Waals surface area contributed by atoms with Crippen molar-refractivity contribution >= 4 is 16.7 Å². The predicted octanol–water partition coefficient (Wildman–Crippen LogP) is 3.57. The molecule has 0 spiro atoms. The Labute approximate surface area is 102 Å². The number of hydrogen-bond acceptors (Lipinski definition) is 1. The molecule has 0 saturated heterocycles. The van der Waals surface area contributed by atoms with Gasteiger partial charge in [-0.15, -0.1) is 6.58 Å². The first-order valence-corrected chi connectivity index (χ1v) is 5.83. The summed E-state index contributed by atoms with van der Waals surface area (Å²) >= 11 is 0. The molecular weight excluding hydrogens is 210 g/mol. The van der Waals surface area contributed by atoms with Gasteiger partial charge in [0.15, 0.2) is 5.78 Å². The van der Waals surface area contributed by atoms with Crippen molar-refractivity contribution < 1.29 is 4.79 Å². The van der Waals surface area contributed by atoms with Crippen LogP contribution in [0.2, 0.25) is 0 Å². The summed E-state index contributed by atoms with van der Waals surface area (Å²) < 4.78 is 1.97. The van der Waals surface area contributed by atoms with Crippen LogP contribution in [-0.4, -0.2) is 10.4 Å². The molecule has 0 aliphatic rings. The average molecular weight is 227 g/mol. The van der Waals surface area contributed by atoms with Crippen LogP contribution in [0.1, 0.15) is 23.8 Å². The number of carbonyl (C=O) groups is 1. The molecule has 0 aliphatic heterocycles.